The van der Waals surface area contributed by atoms with Crippen molar-refractivity contribution in [2.24, 2.45) is 0 Å². The Balaban J connectivity index is 3.21. The summed E-state index contributed by atoms with van der Waals surface area (Å²) in [5.74, 6) is 0. The van der Waals surface area contributed by atoms with Gasteiger partial charge in [-0.2, -0.15) is 0 Å². The van der Waals surface area contributed by atoms with Gasteiger partial charge >= 0.3 is 0 Å². The molecule has 0 saturated heterocycles. The molecule has 0 radical (unpaired) electrons. The van der Waals surface area contributed by atoms with E-state index in [0.29, 0.717) is 19.3 Å². The molecule has 0 aliphatic rings. The molecule has 0 aromatic rings. The number of ether oxygens (including phenoxy) is 2. The zero-order chi connectivity index (χ0) is 10.1. The standard InChI is InChI=1S/C9H20BrNO2/c1-9(8-10)11(2)4-5-13-7-6-12-3/h9H,4-8H2,1-3H3. The third kappa shape index (κ3) is 7.43. The number of hydrogen-bond acceptors (Lipinski definition) is 3. The van der Waals surface area contributed by atoms with Crippen LogP contribution < -0.4 is 0 Å². The van der Waals surface area contributed by atoms with Gasteiger partial charge in [0.1, 0.15) is 0 Å². The van der Waals surface area contributed by atoms with Gasteiger partial charge in [-0.05, 0) is 14.0 Å². The van der Waals surface area contributed by atoms with Crippen LogP contribution in [0.15, 0.2) is 0 Å². The fourth-order valence-electron chi connectivity index (χ4n) is 0.791. The first-order valence-electron chi connectivity index (χ1n) is 4.55. The van der Waals surface area contributed by atoms with Gasteiger partial charge in [0, 0.05) is 25.0 Å². The molecule has 0 aromatic carbocycles. The number of halogens is 1. The van der Waals surface area contributed by atoms with Crippen molar-refractivity contribution in [3.63, 3.8) is 0 Å². The molecule has 13 heavy (non-hydrogen) atoms. The lowest BCUT2D eigenvalue weighted by molar-refractivity contribution is 0.0573. The molecule has 0 rings (SSSR count). The summed E-state index contributed by atoms with van der Waals surface area (Å²) in [7, 11) is 3.79. The smallest absolute Gasteiger partial charge is 0.0700 e. The van der Waals surface area contributed by atoms with Crippen LogP contribution in [0, 0.1) is 0 Å². The second-order valence-corrected chi connectivity index (χ2v) is 3.74. The van der Waals surface area contributed by atoms with Crippen LogP contribution >= 0.6 is 15.9 Å². The van der Waals surface area contributed by atoms with Crippen LogP contribution in [0.25, 0.3) is 0 Å². The highest BCUT2D eigenvalue weighted by Gasteiger charge is 2.05. The van der Waals surface area contributed by atoms with E-state index < -0.39 is 0 Å². The quantitative estimate of drug-likeness (QED) is 0.482. The summed E-state index contributed by atoms with van der Waals surface area (Å²) < 4.78 is 10.2. The Labute approximate surface area is 89.5 Å². The van der Waals surface area contributed by atoms with Gasteiger partial charge in [-0.15, -0.1) is 0 Å². The maximum absolute atomic E-state index is 5.36. The van der Waals surface area contributed by atoms with Crippen molar-refractivity contribution in [1.29, 1.82) is 0 Å². The van der Waals surface area contributed by atoms with Crippen molar-refractivity contribution in [1.82, 2.24) is 4.90 Å². The van der Waals surface area contributed by atoms with Gasteiger partial charge < -0.3 is 14.4 Å². The van der Waals surface area contributed by atoms with E-state index in [1.807, 2.05) is 0 Å². The molecule has 0 spiro atoms. The Bertz CT molecular complexity index is 114. The number of alkyl halides is 1. The van der Waals surface area contributed by atoms with Gasteiger partial charge in [-0.3, -0.25) is 0 Å². The monoisotopic (exact) mass is 253 g/mol. The van der Waals surface area contributed by atoms with Crippen LogP contribution in [0.5, 0.6) is 0 Å². The van der Waals surface area contributed by atoms with Crippen LogP contribution in [0.4, 0.5) is 0 Å². The highest BCUT2D eigenvalue weighted by atomic mass is 79.9. The molecule has 0 aliphatic heterocycles. The van der Waals surface area contributed by atoms with E-state index in [1.165, 1.54) is 0 Å². The molecule has 0 aromatic heterocycles. The SMILES string of the molecule is COCCOCCN(C)C(C)CBr. The Morgan fingerprint density at radius 1 is 1.31 bits per heavy atom. The van der Waals surface area contributed by atoms with E-state index in [0.717, 1.165) is 18.5 Å². The summed E-state index contributed by atoms with van der Waals surface area (Å²) in [4.78, 5) is 2.27. The average molecular weight is 254 g/mol. The first-order chi connectivity index (χ1) is 6.22. The van der Waals surface area contributed by atoms with Gasteiger partial charge in [-0.1, -0.05) is 15.9 Å². The van der Waals surface area contributed by atoms with Crippen LogP contribution in [0.3, 0.4) is 0 Å². The highest BCUT2D eigenvalue weighted by Crippen LogP contribution is 1.98. The number of rotatable bonds is 8. The summed E-state index contributed by atoms with van der Waals surface area (Å²) in [5.41, 5.74) is 0. The highest BCUT2D eigenvalue weighted by molar-refractivity contribution is 9.09. The van der Waals surface area contributed by atoms with Crippen molar-refractivity contribution in [2.75, 3.05) is 45.9 Å². The number of hydrogen-bond donors (Lipinski definition) is 0. The second-order valence-electron chi connectivity index (χ2n) is 3.09. The summed E-state index contributed by atoms with van der Waals surface area (Å²) in [6.45, 7) is 5.29. The molecule has 0 bridgehead atoms. The number of methoxy groups -OCH3 is 1. The maximum atomic E-state index is 5.36. The minimum atomic E-state index is 0.561. The summed E-state index contributed by atoms with van der Waals surface area (Å²) in [6.07, 6.45) is 0. The van der Waals surface area contributed by atoms with Crippen LogP contribution in [0.2, 0.25) is 0 Å². The molecule has 80 valence electrons. The predicted molar refractivity (Wildman–Crippen MR) is 58.6 cm³/mol. The maximum Gasteiger partial charge on any atom is 0.0700 e. The summed E-state index contributed by atoms with van der Waals surface area (Å²) in [5, 5.41) is 1.00. The number of nitrogens with zero attached hydrogens (tertiary/aromatic N) is 1. The molecule has 4 heteroatoms. The molecule has 1 atom stereocenters. The Morgan fingerprint density at radius 3 is 2.54 bits per heavy atom. The van der Waals surface area contributed by atoms with E-state index in [2.05, 4.69) is 34.8 Å². The van der Waals surface area contributed by atoms with Crippen LogP contribution in [0.1, 0.15) is 6.92 Å². The molecule has 0 aliphatic carbocycles. The van der Waals surface area contributed by atoms with Gasteiger partial charge in [0.2, 0.25) is 0 Å². The molecule has 0 heterocycles. The molecule has 1 unspecified atom stereocenters. The molecule has 0 fully saturated rings. The predicted octanol–water partition coefficient (Wildman–Crippen LogP) is 1.36. The molecule has 3 nitrogen and oxygen atoms in total. The lowest BCUT2D eigenvalue weighted by Crippen LogP contribution is -2.33. The fourth-order valence-corrected chi connectivity index (χ4v) is 1.29. The lowest BCUT2D eigenvalue weighted by Gasteiger charge is -2.22. The van der Waals surface area contributed by atoms with E-state index >= 15 is 0 Å². The molecular weight excluding hydrogens is 234 g/mol. The minimum Gasteiger partial charge on any atom is -0.382 e. The van der Waals surface area contributed by atoms with Crippen molar-refractivity contribution >= 4 is 15.9 Å². The second kappa shape index (κ2) is 8.94. The molecule has 0 amide bonds. The normalized spacial score (nSPS) is 13.6. The Kier molecular flexibility index (Phi) is 9.18. The van der Waals surface area contributed by atoms with Crippen molar-refractivity contribution in [3.05, 3.63) is 0 Å². The zero-order valence-electron chi connectivity index (χ0n) is 8.75. The van der Waals surface area contributed by atoms with Gasteiger partial charge in [0.05, 0.1) is 19.8 Å². The molecule has 0 N–H and O–H groups in total. The third-order valence-electron chi connectivity index (χ3n) is 2.00. The zero-order valence-corrected chi connectivity index (χ0v) is 10.3. The number of likely N-dealkylation sites (N-methyl/N-ethyl adjacent to an activating group) is 1. The van der Waals surface area contributed by atoms with E-state index in [9.17, 15) is 0 Å². The van der Waals surface area contributed by atoms with Gasteiger partial charge in [0.25, 0.3) is 0 Å². The van der Waals surface area contributed by atoms with Crippen molar-refractivity contribution in [3.8, 4) is 0 Å². The molecular formula is C9H20BrNO2. The third-order valence-corrected chi connectivity index (χ3v) is 2.93. The first-order valence-corrected chi connectivity index (χ1v) is 5.67. The Hall–Kier alpha value is 0.360. The lowest BCUT2D eigenvalue weighted by atomic mass is 10.3. The molecule has 0 saturated carbocycles. The van der Waals surface area contributed by atoms with Gasteiger partial charge in [0.15, 0.2) is 0 Å². The Morgan fingerprint density at radius 2 is 2.00 bits per heavy atom. The van der Waals surface area contributed by atoms with E-state index in [4.69, 9.17) is 9.47 Å². The van der Waals surface area contributed by atoms with E-state index in [-0.39, 0.29) is 0 Å². The van der Waals surface area contributed by atoms with Crippen LogP contribution in [-0.2, 0) is 9.47 Å². The first kappa shape index (κ1) is 13.4. The van der Waals surface area contributed by atoms with E-state index in [1.54, 1.807) is 7.11 Å². The minimum absolute atomic E-state index is 0.561. The largest absolute Gasteiger partial charge is 0.382 e. The van der Waals surface area contributed by atoms with Gasteiger partial charge in [-0.25, -0.2) is 0 Å². The van der Waals surface area contributed by atoms with Crippen molar-refractivity contribution in [2.45, 2.75) is 13.0 Å². The topological polar surface area (TPSA) is 21.7 Å². The van der Waals surface area contributed by atoms with Crippen LogP contribution in [-0.4, -0.2) is 56.8 Å². The van der Waals surface area contributed by atoms with Crippen molar-refractivity contribution < 1.29 is 9.47 Å². The fraction of sp³-hybridized carbons (Fsp3) is 1.00. The summed E-state index contributed by atoms with van der Waals surface area (Å²) >= 11 is 3.45. The average Bonchev–Trinajstić information content (AvgIpc) is 2.16. The summed E-state index contributed by atoms with van der Waals surface area (Å²) in [6, 6.07) is 0.561.